The Hall–Kier alpha value is -1.35. The van der Waals surface area contributed by atoms with Crippen LogP contribution in [0, 0.1) is 19.3 Å². The Morgan fingerprint density at radius 1 is 1.26 bits per heavy atom. The normalized spacial score (nSPS) is 19.0. The molecule has 104 valence electrons. The molecule has 0 aromatic heterocycles. The topological polar surface area (TPSA) is 40.5 Å². The van der Waals surface area contributed by atoms with Gasteiger partial charge in [-0.2, -0.15) is 0 Å². The Morgan fingerprint density at radius 2 is 1.89 bits per heavy atom. The highest BCUT2D eigenvalue weighted by Crippen LogP contribution is 2.52. The Balaban J connectivity index is 2.45. The van der Waals surface area contributed by atoms with E-state index in [4.69, 9.17) is 0 Å². The fourth-order valence-corrected chi connectivity index (χ4v) is 3.21. The lowest BCUT2D eigenvalue weighted by Gasteiger charge is -2.47. The van der Waals surface area contributed by atoms with E-state index in [0.717, 1.165) is 24.8 Å². The molecule has 1 aliphatic rings. The van der Waals surface area contributed by atoms with E-state index in [2.05, 4.69) is 36.9 Å². The van der Waals surface area contributed by atoms with Crippen molar-refractivity contribution < 1.29 is 9.90 Å². The first-order chi connectivity index (χ1) is 8.88. The Morgan fingerprint density at radius 3 is 2.26 bits per heavy atom. The van der Waals surface area contributed by atoms with Crippen LogP contribution < -0.4 is 0 Å². The smallest absolute Gasteiger partial charge is 0.311 e. The average Bonchev–Trinajstić information content (AvgIpc) is 2.26. The van der Waals surface area contributed by atoms with Gasteiger partial charge in [0.1, 0.15) is 0 Å². The van der Waals surface area contributed by atoms with Crippen molar-refractivity contribution in [3.8, 4) is 0 Å². The van der Waals surface area contributed by atoms with Crippen LogP contribution in [0.15, 0.2) is 18.2 Å². The average molecular weight is 261 g/mol. The molecule has 0 radical (unpaired) electrons. The second-order valence-corrected chi connectivity index (χ2v) is 6.02. The van der Waals surface area contributed by atoms with Crippen LogP contribution in [0.5, 0.6) is 0 Å². The summed E-state index contributed by atoms with van der Waals surface area (Å²) in [5, 5.41) is 9.66. The van der Waals surface area contributed by atoms with E-state index < -0.39 is 11.4 Å². The molecular weight excluding hydrogens is 238 g/mol. The van der Waals surface area contributed by atoms with Gasteiger partial charge in [-0.25, -0.2) is 0 Å². The van der Waals surface area contributed by atoms with Gasteiger partial charge in [-0.15, -0.1) is 0 Å². The van der Waals surface area contributed by atoms with Gasteiger partial charge in [-0.1, -0.05) is 24.6 Å². The summed E-state index contributed by atoms with van der Waals surface area (Å²) >= 11 is 0. The molecule has 0 saturated heterocycles. The molecule has 2 rings (SSSR count). The zero-order valence-corrected chi connectivity index (χ0v) is 12.2. The molecule has 1 N–H and O–H groups in total. The van der Waals surface area contributed by atoms with Crippen molar-refractivity contribution in [1.29, 1.82) is 0 Å². The van der Waals surface area contributed by atoms with Crippen LogP contribution in [-0.2, 0) is 4.79 Å². The Bertz CT molecular complexity index is 490. The van der Waals surface area contributed by atoms with Gasteiger partial charge >= 0.3 is 5.97 Å². The molecule has 0 bridgehead atoms. The third-order valence-electron chi connectivity index (χ3n) is 4.56. The van der Waals surface area contributed by atoms with Gasteiger partial charge in [0.25, 0.3) is 0 Å². The summed E-state index contributed by atoms with van der Waals surface area (Å²) in [6, 6.07) is 6.27. The van der Waals surface area contributed by atoms with E-state index in [1.807, 2.05) is 14.1 Å². The summed E-state index contributed by atoms with van der Waals surface area (Å²) in [7, 11) is 3.95. The highest BCUT2D eigenvalue weighted by atomic mass is 16.4. The number of hydrogen-bond donors (Lipinski definition) is 1. The molecule has 0 amide bonds. The van der Waals surface area contributed by atoms with Gasteiger partial charge < -0.3 is 10.0 Å². The molecule has 0 heterocycles. The summed E-state index contributed by atoms with van der Waals surface area (Å²) < 4.78 is 0. The summed E-state index contributed by atoms with van der Waals surface area (Å²) in [6.45, 7) is 4.17. The maximum Gasteiger partial charge on any atom is 0.311 e. The van der Waals surface area contributed by atoms with Crippen molar-refractivity contribution in [2.45, 2.75) is 39.2 Å². The van der Waals surface area contributed by atoms with Crippen molar-refractivity contribution in [2.24, 2.45) is 5.41 Å². The number of benzene rings is 1. The number of hydrogen-bond acceptors (Lipinski definition) is 2. The predicted molar refractivity (Wildman–Crippen MR) is 76.3 cm³/mol. The first-order valence-electron chi connectivity index (χ1n) is 6.85. The van der Waals surface area contributed by atoms with Crippen LogP contribution in [0.25, 0.3) is 0 Å². The summed E-state index contributed by atoms with van der Waals surface area (Å²) in [6.07, 6.45) is 2.57. The maximum absolute atomic E-state index is 11.7. The highest BCUT2D eigenvalue weighted by Gasteiger charge is 2.52. The zero-order chi connectivity index (χ0) is 14.2. The lowest BCUT2D eigenvalue weighted by molar-refractivity contribution is -0.161. The number of carboxylic acid groups (broad SMARTS) is 1. The van der Waals surface area contributed by atoms with E-state index in [9.17, 15) is 9.90 Å². The van der Waals surface area contributed by atoms with E-state index in [-0.39, 0.29) is 6.04 Å². The molecule has 1 saturated carbocycles. The predicted octanol–water partition coefficient (Wildman–Crippen LogP) is 3.16. The third kappa shape index (κ3) is 2.27. The maximum atomic E-state index is 11.7. The molecule has 1 aromatic rings. The molecule has 1 fully saturated rings. The molecule has 1 aromatic carbocycles. The van der Waals surface area contributed by atoms with Gasteiger partial charge in [0.15, 0.2) is 0 Å². The van der Waals surface area contributed by atoms with Crippen LogP contribution in [0.1, 0.15) is 42.0 Å². The van der Waals surface area contributed by atoms with E-state index in [1.54, 1.807) is 0 Å². The minimum atomic E-state index is -0.657. The molecule has 1 unspecified atom stereocenters. The van der Waals surface area contributed by atoms with Gasteiger partial charge in [-0.3, -0.25) is 4.79 Å². The quantitative estimate of drug-likeness (QED) is 0.905. The molecule has 1 atom stereocenters. The zero-order valence-electron chi connectivity index (χ0n) is 12.2. The number of aliphatic carboxylic acids is 1. The first kappa shape index (κ1) is 14.1. The number of carboxylic acids is 1. The number of carbonyl (C=O) groups is 1. The monoisotopic (exact) mass is 261 g/mol. The van der Waals surface area contributed by atoms with Crippen LogP contribution in [0.2, 0.25) is 0 Å². The number of nitrogens with zero attached hydrogens (tertiary/aromatic N) is 1. The second-order valence-electron chi connectivity index (χ2n) is 6.02. The van der Waals surface area contributed by atoms with Gasteiger partial charge in [0.2, 0.25) is 0 Å². The van der Waals surface area contributed by atoms with Crippen molar-refractivity contribution >= 4 is 5.97 Å². The Kier molecular flexibility index (Phi) is 3.68. The van der Waals surface area contributed by atoms with Crippen LogP contribution in [0.4, 0.5) is 0 Å². The van der Waals surface area contributed by atoms with Crippen LogP contribution in [-0.4, -0.2) is 30.1 Å². The summed E-state index contributed by atoms with van der Waals surface area (Å²) in [5.41, 5.74) is 2.99. The van der Waals surface area contributed by atoms with Crippen molar-refractivity contribution in [3.63, 3.8) is 0 Å². The van der Waals surface area contributed by atoms with Gasteiger partial charge in [0, 0.05) is 0 Å². The summed E-state index contributed by atoms with van der Waals surface area (Å²) in [5.74, 6) is -0.657. The highest BCUT2D eigenvalue weighted by molar-refractivity contribution is 5.77. The van der Waals surface area contributed by atoms with Crippen molar-refractivity contribution in [3.05, 3.63) is 34.9 Å². The fraction of sp³-hybridized carbons (Fsp3) is 0.562. The fourth-order valence-electron chi connectivity index (χ4n) is 3.21. The molecule has 19 heavy (non-hydrogen) atoms. The standard InChI is InChI=1S/C16H23NO2/c1-11-6-7-13(10-12(11)2)14(17(3)4)16(15(18)19)8-5-9-16/h6-7,10,14H,5,8-9H2,1-4H3,(H,18,19). The van der Waals surface area contributed by atoms with Crippen LogP contribution >= 0.6 is 0 Å². The number of rotatable bonds is 4. The van der Waals surface area contributed by atoms with Gasteiger partial charge in [-0.05, 0) is 57.5 Å². The third-order valence-corrected chi connectivity index (χ3v) is 4.56. The van der Waals surface area contributed by atoms with Crippen LogP contribution in [0.3, 0.4) is 0 Å². The number of aryl methyl sites for hydroxylation is 2. The largest absolute Gasteiger partial charge is 0.481 e. The van der Waals surface area contributed by atoms with E-state index >= 15 is 0 Å². The summed E-state index contributed by atoms with van der Waals surface area (Å²) in [4.78, 5) is 13.8. The van der Waals surface area contributed by atoms with Gasteiger partial charge in [0.05, 0.1) is 11.5 Å². The van der Waals surface area contributed by atoms with E-state index in [1.165, 1.54) is 11.1 Å². The Labute approximate surface area is 115 Å². The molecular formula is C16H23NO2. The first-order valence-corrected chi connectivity index (χ1v) is 6.85. The lowest BCUT2D eigenvalue weighted by Crippen LogP contribution is -2.48. The van der Waals surface area contributed by atoms with Crippen molar-refractivity contribution in [1.82, 2.24) is 4.90 Å². The second kappa shape index (κ2) is 4.97. The molecule has 1 aliphatic carbocycles. The lowest BCUT2D eigenvalue weighted by atomic mass is 9.62. The van der Waals surface area contributed by atoms with E-state index in [0.29, 0.717) is 0 Å². The molecule has 0 aliphatic heterocycles. The minimum absolute atomic E-state index is 0.0435. The molecule has 3 nitrogen and oxygen atoms in total. The SMILES string of the molecule is Cc1ccc(C(N(C)C)C2(C(=O)O)CCC2)cc1C. The minimum Gasteiger partial charge on any atom is -0.481 e. The molecule has 0 spiro atoms. The molecule has 3 heteroatoms. The van der Waals surface area contributed by atoms with Crippen molar-refractivity contribution in [2.75, 3.05) is 14.1 Å².